The summed E-state index contributed by atoms with van der Waals surface area (Å²) in [6.45, 7) is 17.3. The van der Waals surface area contributed by atoms with Crippen molar-refractivity contribution in [2.45, 2.75) is 147 Å². The second-order valence-corrected chi connectivity index (χ2v) is 20.0. The van der Waals surface area contributed by atoms with E-state index in [2.05, 4.69) is 15.4 Å². The molecule has 1 unspecified atom stereocenters. The van der Waals surface area contributed by atoms with Crippen molar-refractivity contribution in [3.63, 3.8) is 0 Å². The van der Waals surface area contributed by atoms with E-state index in [0.29, 0.717) is 24.0 Å². The highest BCUT2D eigenvalue weighted by atomic mass is 32.2. The van der Waals surface area contributed by atoms with Crippen LogP contribution in [0.2, 0.25) is 0 Å². The first-order valence-electron chi connectivity index (χ1n) is 19.7. The summed E-state index contributed by atoms with van der Waals surface area (Å²) in [4.78, 5) is 68.3. The summed E-state index contributed by atoms with van der Waals surface area (Å²) in [7, 11) is -4.45. The molecule has 0 bridgehead atoms. The number of Topliss-reactive ketones (excluding diaryl/α,β-unsaturated/α-hetero) is 1. The first-order valence-corrected chi connectivity index (χ1v) is 21.1. The molecule has 12 nitrogen and oxygen atoms in total. The lowest BCUT2D eigenvalue weighted by Crippen LogP contribution is -2.59. The minimum Gasteiger partial charge on any atom is -0.507 e. The highest BCUT2D eigenvalue weighted by molar-refractivity contribution is 7.90. The summed E-state index contributed by atoms with van der Waals surface area (Å²) in [6, 6.07) is 3.04. The van der Waals surface area contributed by atoms with Gasteiger partial charge in [0, 0.05) is 28.3 Å². The lowest BCUT2D eigenvalue weighted by atomic mass is 9.78. The Balaban J connectivity index is 1.55. The van der Waals surface area contributed by atoms with E-state index in [-0.39, 0.29) is 34.1 Å². The first-order chi connectivity index (χ1) is 26.6. The number of carbonyl (C=O) groups excluding carboxylic acids is 5. The highest BCUT2D eigenvalue weighted by Crippen LogP contribution is 2.42. The topological polar surface area (TPSA) is 179 Å². The maximum Gasteiger partial charge on any atom is 0.452 e. The molecule has 4 amide bonds. The molecule has 4 rings (SSSR count). The van der Waals surface area contributed by atoms with Crippen LogP contribution < -0.4 is 15.4 Å². The van der Waals surface area contributed by atoms with Crippen LogP contribution in [0.5, 0.6) is 5.75 Å². The molecular formula is C42H57F3N4O8S. The minimum atomic E-state index is -5.18. The third-order valence-electron chi connectivity index (χ3n) is 11.0. The summed E-state index contributed by atoms with van der Waals surface area (Å²) >= 11 is 0. The number of hydrogen-bond acceptors (Lipinski definition) is 8. The van der Waals surface area contributed by atoms with E-state index in [0.717, 1.165) is 25.0 Å². The Morgan fingerprint density at radius 3 is 1.76 bits per heavy atom. The van der Waals surface area contributed by atoms with E-state index in [4.69, 9.17) is 0 Å². The molecule has 2 aromatic rings. The van der Waals surface area contributed by atoms with Crippen molar-refractivity contribution >= 4 is 39.4 Å². The van der Waals surface area contributed by atoms with Crippen LogP contribution >= 0.6 is 0 Å². The van der Waals surface area contributed by atoms with Gasteiger partial charge in [0.2, 0.25) is 11.8 Å². The van der Waals surface area contributed by atoms with Crippen molar-refractivity contribution in [1.82, 2.24) is 20.3 Å². The molecule has 16 heteroatoms. The first kappa shape index (κ1) is 46.2. The fraction of sp³-hybridized carbons (Fsp3) is 0.595. The smallest absolute Gasteiger partial charge is 0.452 e. The number of carbonyl (C=O) groups is 5. The van der Waals surface area contributed by atoms with Gasteiger partial charge in [-0.1, -0.05) is 82.1 Å². The summed E-state index contributed by atoms with van der Waals surface area (Å²) in [5.41, 5.74) is -0.190. The molecule has 5 atom stereocenters. The molecule has 0 aromatic heterocycles. The zero-order chi connectivity index (χ0) is 43.9. The van der Waals surface area contributed by atoms with Gasteiger partial charge in [-0.15, -0.1) is 0 Å². The molecule has 1 aliphatic heterocycles. The second-order valence-electron chi connectivity index (χ2n) is 18.3. The molecule has 2 fully saturated rings. The molecule has 2 aromatic carbocycles. The van der Waals surface area contributed by atoms with Crippen LogP contribution in [0.25, 0.3) is 0 Å². The minimum absolute atomic E-state index is 0.0106. The number of halogens is 3. The zero-order valence-electron chi connectivity index (χ0n) is 34.8. The van der Waals surface area contributed by atoms with Crippen LogP contribution in [-0.2, 0) is 35.2 Å². The molecule has 2 aliphatic rings. The lowest BCUT2D eigenvalue weighted by Gasteiger charge is -2.37. The van der Waals surface area contributed by atoms with Gasteiger partial charge in [-0.2, -0.15) is 13.2 Å². The third-order valence-corrected chi connectivity index (χ3v) is 12.4. The number of nitrogens with zero attached hydrogens (tertiary/aromatic N) is 1. The number of likely N-dealkylation sites (tertiary alicyclic amines) is 1. The Kier molecular flexibility index (Phi) is 13.6. The Hall–Kier alpha value is -4.47. The number of ketones is 1. The van der Waals surface area contributed by atoms with Crippen LogP contribution in [0.3, 0.4) is 0 Å². The van der Waals surface area contributed by atoms with E-state index in [1.54, 1.807) is 13.8 Å². The average molecular weight is 835 g/mol. The number of rotatable bonds is 11. The van der Waals surface area contributed by atoms with Crippen molar-refractivity contribution in [3.05, 3.63) is 58.7 Å². The number of amides is 4. The Labute approximate surface area is 339 Å². The predicted molar refractivity (Wildman–Crippen MR) is 212 cm³/mol. The van der Waals surface area contributed by atoms with Crippen molar-refractivity contribution in [3.8, 4) is 5.75 Å². The van der Waals surface area contributed by atoms with Gasteiger partial charge in [0.1, 0.15) is 17.8 Å². The van der Waals surface area contributed by atoms with Crippen molar-refractivity contribution in [2.24, 2.45) is 17.8 Å². The Morgan fingerprint density at radius 2 is 1.28 bits per heavy atom. The fourth-order valence-electron chi connectivity index (χ4n) is 7.80. The summed E-state index contributed by atoms with van der Waals surface area (Å²) in [5.74, 6) is -6.66. The highest BCUT2D eigenvalue weighted by Gasteiger charge is 2.51. The van der Waals surface area contributed by atoms with E-state index in [1.807, 2.05) is 41.5 Å². The molecule has 1 saturated heterocycles. The lowest BCUT2D eigenvalue weighted by molar-refractivity contribution is -0.175. The number of phenolic OH excluding ortho intramolecular Hbond substituents is 1. The molecule has 320 valence electrons. The normalized spacial score (nSPS) is 20.0. The number of benzene rings is 2. The molecular weight excluding hydrogens is 778 g/mol. The van der Waals surface area contributed by atoms with Gasteiger partial charge in [0.05, 0.1) is 10.9 Å². The van der Waals surface area contributed by atoms with Crippen LogP contribution in [0.15, 0.2) is 41.3 Å². The van der Waals surface area contributed by atoms with E-state index in [9.17, 15) is 50.7 Å². The van der Waals surface area contributed by atoms with Gasteiger partial charge in [-0.3, -0.25) is 24.0 Å². The van der Waals surface area contributed by atoms with Gasteiger partial charge in [-0.25, -0.2) is 13.1 Å². The third kappa shape index (κ3) is 10.2. The molecule has 1 saturated carbocycles. The van der Waals surface area contributed by atoms with Crippen LogP contribution in [0, 0.1) is 17.8 Å². The molecule has 1 heterocycles. The largest absolute Gasteiger partial charge is 0.507 e. The quantitative estimate of drug-likeness (QED) is 0.204. The maximum absolute atomic E-state index is 14.4. The monoisotopic (exact) mass is 834 g/mol. The van der Waals surface area contributed by atoms with Crippen molar-refractivity contribution < 1.29 is 50.7 Å². The van der Waals surface area contributed by atoms with Crippen LogP contribution in [0.1, 0.15) is 133 Å². The van der Waals surface area contributed by atoms with Crippen molar-refractivity contribution in [2.75, 3.05) is 0 Å². The van der Waals surface area contributed by atoms with E-state index >= 15 is 0 Å². The number of nitrogens with one attached hydrogen (secondary N) is 3. The van der Waals surface area contributed by atoms with E-state index in [1.165, 1.54) is 43.0 Å². The molecule has 58 heavy (non-hydrogen) atoms. The predicted octanol–water partition coefficient (Wildman–Crippen LogP) is 6.29. The SMILES string of the molecule is CC(C)C(NC(=O)[C@@H]1C[C@@H]2CCCC[C@@H]2N1C(=O)[C@@H](NC(=O)c1ccc(S(=O)(=O)NC(=O)c2cc(C(C)(C)C)c(O)c(C(C)(C)C)c2)cc1)C(C)C)C(=O)C(F)(F)F. The number of alkyl halides is 3. The van der Waals surface area contributed by atoms with Crippen molar-refractivity contribution in [1.29, 1.82) is 0 Å². The molecule has 0 radical (unpaired) electrons. The molecule has 0 spiro atoms. The summed E-state index contributed by atoms with van der Waals surface area (Å²) in [6.07, 6.45) is -2.10. The Bertz CT molecular complexity index is 1980. The van der Waals surface area contributed by atoms with Gasteiger partial charge >= 0.3 is 6.18 Å². The average Bonchev–Trinajstić information content (AvgIpc) is 3.50. The number of phenols is 1. The zero-order valence-corrected chi connectivity index (χ0v) is 35.7. The van der Waals surface area contributed by atoms with Crippen LogP contribution in [0.4, 0.5) is 13.2 Å². The van der Waals surface area contributed by atoms with Gasteiger partial charge in [-0.05, 0) is 84.2 Å². The van der Waals surface area contributed by atoms with E-state index < -0.39 is 92.4 Å². The number of aromatic hydroxyl groups is 1. The summed E-state index contributed by atoms with van der Waals surface area (Å²) < 4.78 is 69.1. The fourth-order valence-corrected chi connectivity index (χ4v) is 8.78. The van der Waals surface area contributed by atoms with Gasteiger partial charge in [0.25, 0.3) is 27.6 Å². The summed E-state index contributed by atoms with van der Waals surface area (Å²) in [5, 5.41) is 16.0. The van der Waals surface area contributed by atoms with Gasteiger partial charge < -0.3 is 20.6 Å². The number of hydrogen-bond donors (Lipinski definition) is 4. The second kappa shape index (κ2) is 17.0. The van der Waals surface area contributed by atoms with Gasteiger partial charge in [0.15, 0.2) is 0 Å². The number of fused-ring (bicyclic) bond motifs is 1. The standard InChI is InChI=1S/C42H57F3N4O8S/c1-22(2)32(35(51)42(43,44)45)46-38(54)31-21-25-13-11-12-14-30(25)49(31)39(55)33(23(3)4)47-36(52)24-15-17-27(18-16-24)58(56,57)48-37(53)26-19-28(40(5,6)7)34(50)29(20-26)41(8,9)10/h15-20,22-23,25,30-33,50H,11-14,21H2,1-10H3,(H,46,54)(H,47,52)(H,48,53)/t25-,30-,31-,32?,33-/m0/s1. The number of sulfonamides is 1. The maximum atomic E-state index is 14.4. The Morgan fingerprint density at radius 1 is 0.759 bits per heavy atom. The van der Waals surface area contributed by atoms with Crippen LogP contribution in [-0.4, -0.2) is 78.2 Å². The molecule has 1 aliphatic carbocycles. The molecule has 4 N–H and O–H groups in total.